The Kier molecular flexibility index (Phi) is 7.31. The molecule has 0 atom stereocenters. The van der Waals surface area contributed by atoms with Gasteiger partial charge in [-0.25, -0.2) is 0 Å². The van der Waals surface area contributed by atoms with Gasteiger partial charge in [-0.3, -0.25) is 0 Å². The van der Waals surface area contributed by atoms with E-state index in [1.807, 2.05) is 11.8 Å². The summed E-state index contributed by atoms with van der Waals surface area (Å²) in [6, 6.07) is 13.3. The van der Waals surface area contributed by atoms with Gasteiger partial charge >= 0.3 is 14.2 Å². The highest BCUT2D eigenvalue weighted by atomic mass is 32.2. The van der Waals surface area contributed by atoms with Crippen LogP contribution in [0, 0.1) is 0 Å². The van der Waals surface area contributed by atoms with Crippen LogP contribution in [0.25, 0.3) is 0 Å². The van der Waals surface area contributed by atoms with E-state index in [-0.39, 0.29) is 36.6 Å². The van der Waals surface area contributed by atoms with Crippen molar-refractivity contribution in [3.8, 4) is 0 Å². The van der Waals surface area contributed by atoms with Crippen LogP contribution >= 0.6 is 11.8 Å². The van der Waals surface area contributed by atoms with Crippen LogP contribution < -0.4 is 15.8 Å². The zero-order valence-electron chi connectivity index (χ0n) is 24.6. The predicted octanol–water partition coefficient (Wildman–Crippen LogP) is 6.47. The predicted molar refractivity (Wildman–Crippen MR) is 160 cm³/mol. The monoisotopic (exact) mass is 535 g/mol. The smallest absolute Gasteiger partial charge is 0.399 e. The Morgan fingerprint density at radius 2 is 1.05 bits per heavy atom. The molecule has 0 unspecified atom stereocenters. The first kappa shape index (κ1) is 28.1. The highest BCUT2D eigenvalue weighted by Crippen LogP contribution is 2.48. The third-order valence-corrected chi connectivity index (χ3v) is 10.1. The molecule has 2 saturated heterocycles. The normalized spacial score (nSPS) is 22.5. The number of unbranched alkanes of at least 4 members (excludes halogenated alkanes) is 3. The van der Waals surface area contributed by atoms with Crippen LogP contribution in [0.15, 0.2) is 46.2 Å². The molecule has 0 N–H and O–H groups in total. The number of hydrogen-bond acceptors (Lipinski definition) is 6. The lowest BCUT2D eigenvalue weighted by Gasteiger charge is -2.33. The van der Waals surface area contributed by atoms with Gasteiger partial charge in [0.1, 0.15) is 0 Å². The van der Waals surface area contributed by atoms with Gasteiger partial charge in [-0.1, -0.05) is 50.1 Å². The van der Waals surface area contributed by atoms with Crippen molar-refractivity contribution < 1.29 is 18.6 Å². The van der Waals surface area contributed by atoms with Crippen molar-refractivity contribution in [2.75, 3.05) is 11.4 Å². The van der Waals surface area contributed by atoms with Crippen LogP contribution in [-0.4, -0.2) is 43.2 Å². The summed E-state index contributed by atoms with van der Waals surface area (Å²) in [4.78, 5) is 4.94. The van der Waals surface area contributed by atoms with Crippen LogP contribution in [-0.2, 0) is 18.6 Å². The van der Waals surface area contributed by atoms with E-state index in [9.17, 15) is 0 Å². The minimum Gasteiger partial charge on any atom is -0.399 e. The fourth-order valence-corrected chi connectivity index (χ4v) is 6.30. The first-order chi connectivity index (χ1) is 17.7. The second kappa shape index (κ2) is 9.88. The van der Waals surface area contributed by atoms with Crippen molar-refractivity contribution in [2.24, 2.45) is 0 Å². The summed E-state index contributed by atoms with van der Waals surface area (Å²) in [6.07, 6.45) is 4.90. The molecule has 2 fully saturated rings. The molecule has 0 spiro atoms. The number of hydrogen-bond donors (Lipinski definition) is 0. The van der Waals surface area contributed by atoms with Crippen molar-refractivity contribution in [2.45, 2.75) is 120 Å². The summed E-state index contributed by atoms with van der Waals surface area (Å²) in [7, 11) is -0.747. The molecule has 3 heterocycles. The molecule has 3 aliphatic rings. The number of benzene rings is 2. The van der Waals surface area contributed by atoms with Crippen molar-refractivity contribution in [3.05, 3.63) is 36.4 Å². The molecule has 2 aromatic carbocycles. The molecule has 204 valence electrons. The molecule has 0 aliphatic carbocycles. The van der Waals surface area contributed by atoms with Crippen LogP contribution in [0.2, 0.25) is 0 Å². The molecule has 3 aliphatic heterocycles. The van der Waals surface area contributed by atoms with E-state index in [4.69, 9.17) is 18.6 Å². The lowest BCUT2D eigenvalue weighted by molar-refractivity contribution is 0.00578. The third-order valence-electron chi connectivity index (χ3n) is 9.06. The van der Waals surface area contributed by atoms with Gasteiger partial charge in [0.2, 0.25) is 0 Å². The topological polar surface area (TPSA) is 40.2 Å². The fraction of sp³-hybridized carbons (Fsp3) is 0.600. The molecular weight excluding hydrogens is 492 g/mol. The summed E-state index contributed by atoms with van der Waals surface area (Å²) in [5, 5.41) is 0. The standard InChI is InChI=1S/C30H43B2NO4S/c1-10-11-12-13-18-33-23-16-14-21(31-34-27(2,3)28(4,5)35-31)19-25(23)38-26-20-22(15-17-24(26)33)32-36-29(6,7)30(8,9)37-32/h14-17,19-20H,10-13,18H2,1-9H3. The molecular formula is C30H43B2NO4S. The molecule has 5 nitrogen and oxygen atoms in total. The van der Waals surface area contributed by atoms with E-state index in [0.29, 0.717) is 0 Å². The van der Waals surface area contributed by atoms with Crippen LogP contribution in [0.4, 0.5) is 11.4 Å². The van der Waals surface area contributed by atoms with E-state index in [2.05, 4.69) is 104 Å². The maximum absolute atomic E-state index is 6.38. The summed E-state index contributed by atoms with van der Waals surface area (Å²) in [5.74, 6) is 0. The van der Waals surface area contributed by atoms with E-state index in [1.165, 1.54) is 40.4 Å². The number of anilines is 2. The maximum atomic E-state index is 6.38. The van der Waals surface area contributed by atoms with E-state index in [1.54, 1.807) is 0 Å². The highest BCUT2D eigenvalue weighted by molar-refractivity contribution is 7.99. The molecule has 0 bridgehead atoms. The van der Waals surface area contributed by atoms with Gasteiger partial charge in [0.05, 0.1) is 33.8 Å². The Morgan fingerprint density at radius 1 is 0.632 bits per heavy atom. The van der Waals surface area contributed by atoms with E-state index < -0.39 is 0 Å². The zero-order valence-corrected chi connectivity index (χ0v) is 25.5. The van der Waals surface area contributed by atoms with Crippen molar-refractivity contribution >= 4 is 48.3 Å². The minimum absolute atomic E-state index is 0.365. The zero-order chi connectivity index (χ0) is 27.5. The Bertz CT molecular complexity index is 1080. The minimum atomic E-state index is -0.374. The van der Waals surface area contributed by atoms with Crippen molar-refractivity contribution in [3.63, 3.8) is 0 Å². The van der Waals surface area contributed by atoms with Gasteiger partial charge in [0.25, 0.3) is 0 Å². The maximum Gasteiger partial charge on any atom is 0.494 e. The van der Waals surface area contributed by atoms with Gasteiger partial charge in [-0.2, -0.15) is 0 Å². The Morgan fingerprint density at radius 3 is 1.45 bits per heavy atom. The van der Waals surface area contributed by atoms with Crippen LogP contribution in [0.3, 0.4) is 0 Å². The SMILES string of the molecule is CCCCCCN1c2ccc(B3OC(C)(C)C(C)(C)O3)cc2Sc2cc(B3OC(C)(C)C(C)(C)O3)ccc21. The highest BCUT2D eigenvalue weighted by Gasteiger charge is 2.53. The Balaban J connectivity index is 1.47. The summed E-state index contributed by atoms with van der Waals surface area (Å²) >= 11 is 1.81. The average Bonchev–Trinajstić information content (AvgIpc) is 3.19. The molecule has 38 heavy (non-hydrogen) atoms. The number of nitrogens with zero attached hydrogens (tertiary/aromatic N) is 1. The van der Waals surface area contributed by atoms with Gasteiger partial charge in [0.15, 0.2) is 0 Å². The van der Waals surface area contributed by atoms with Gasteiger partial charge in [-0.05, 0) is 97.0 Å². The second-order valence-corrected chi connectivity index (χ2v) is 14.0. The van der Waals surface area contributed by atoms with Crippen molar-refractivity contribution in [1.29, 1.82) is 0 Å². The second-order valence-electron chi connectivity index (χ2n) is 12.9. The molecule has 0 aromatic heterocycles. The molecule has 0 amide bonds. The van der Waals surface area contributed by atoms with Gasteiger partial charge in [-0.15, -0.1) is 0 Å². The van der Waals surface area contributed by atoms with Crippen LogP contribution in [0.1, 0.15) is 88.0 Å². The largest absolute Gasteiger partial charge is 0.494 e. The Hall–Kier alpha value is -1.44. The summed E-state index contributed by atoms with van der Waals surface area (Å²) in [6.45, 7) is 20.1. The van der Waals surface area contributed by atoms with E-state index >= 15 is 0 Å². The quantitative estimate of drug-likeness (QED) is 0.299. The van der Waals surface area contributed by atoms with Crippen molar-refractivity contribution in [1.82, 2.24) is 0 Å². The first-order valence-corrected chi connectivity index (χ1v) is 15.0. The molecule has 8 heteroatoms. The summed E-state index contributed by atoms with van der Waals surface area (Å²) in [5.41, 5.74) is 3.17. The lowest BCUT2D eigenvalue weighted by Crippen LogP contribution is -2.41. The fourth-order valence-electron chi connectivity index (χ4n) is 5.11. The third kappa shape index (κ3) is 4.96. The molecule has 2 aromatic rings. The molecule has 0 radical (unpaired) electrons. The van der Waals surface area contributed by atoms with Crippen LogP contribution in [0.5, 0.6) is 0 Å². The lowest BCUT2D eigenvalue weighted by atomic mass is 9.78. The summed E-state index contributed by atoms with van der Waals surface area (Å²) < 4.78 is 25.5. The van der Waals surface area contributed by atoms with E-state index in [0.717, 1.165) is 23.9 Å². The number of rotatable bonds is 7. The van der Waals surface area contributed by atoms with Gasteiger partial charge in [0, 0.05) is 16.3 Å². The number of fused-ring (bicyclic) bond motifs is 2. The molecule has 5 rings (SSSR count). The average molecular weight is 535 g/mol. The molecule has 0 saturated carbocycles. The Labute approximate surface area is 234 Å². The van der Waals surface area contributed by atoms with Gasteiger partial charge < -0.3 is 23.5 Å². The first-order valence-electron chi connectivity index (χ1n) is 14.2.